The Kier molecular flexibility index (Phi) is 5.44. The van der Waals surface area contributed by atoms with E-state index in [0.29, 0.717) is 23.5 Å². The summed E-state index contributed by atoms with van der Waals surface area (Å²) in [5.41, 5.74) is 2.20. The lowest BCUT2D eigenvalue weighted by Gasteiger charge is -2.09. The maximum absolute atomic E-state index is 12.6. The van der Waals surface area contributed by atoms with Gasteiger partial charge in [0.1, 0.15) is 10.7 Å². The summed E-state index contributed by atoms with van der Waals surface area (Å²) in [5, 5.41) is 6.08. The molecule has 0 aliphatic heterocycles. The molecule has 150 valence electrons. The van der Waals surface area contributed by atoms with E-state index in [1.54, 1.807) is 42.6 Å². The molecule has 0 saturated carbocycles. The van der Waals surface area contributed by atoms with Crippen molar-refractivity contribution in [2.24, 2.45) is 0 Å². The molecule has 2 amide bonds. The SMILES string of the molecule is CNC(=O)c1ccc(NC(=O)CCc2nc3sc4c(c3c(=O)[nH]2)CCCC4)cc1. The summed E-state index contributed by atoms with van der Waals surface area (Å²) in [6.07, 6.45) is 4.80. The van der Waals surface area contributed by atoms with Gasteiger partial charge in [0.15, 0.2) is 0 Å². The molecule has 1 aromatic carbocycles. The normalized spacial score (nSPS) is 13.1. The molecular formula is C21H22N4O3S. The van der Waals surface area contributed by atoms with Gasteiger partial charge in [-0.1, -0.05) is 0 Å². The Bertz CT molecular complexity index is 1130. The maximum Gasteiger partial charge on any atom is 0.259 e. The third-order valence-electron chi connectivity index (χ3n) is 5.12. The first-order valence-corrected chi connectivity index (χ1v) is 10.5. The molecule has 29 heavy (non-hydrogen) atoms. The summed E-state index contributed by atoms with van der Waals surface area (Å²) in [4.78, 5) is 45.9. The van der Waals surface area contributed by atoms with Crippen LogP contribution in [-0.4, -0.2) is 28.8 Å². The van der Waals surface area contributed by atoms with E-state index >= 15 is 0 Å². The number of aromatic nitrogens is 2. The number of H-pyrrole nitrogens is 1. The monoisotopic (exact) mass is 410 g/mol. The molecule has 0 unspecified atom stereocenters. The van der Waals surface area contributed by atoms with E-state index in [-0.39, 0.29) is 23.8 Å². The highest BCUT2D eigenvalue weighted by Gasteiger charge is 2.19. The molecule has 2 aromatic heterocycles. The number of thiophene rings is 1. The van der Waals surface area contributed by atoms with Crippen molar-refractivity contribution in [1.82, 2.24) is 15.3 Å². The zero-order valence-electron chi connectivity index (χ0n) is 16.1. The van der Waals surface area contributed by atoms with Gasteiger partial charge in [-0.15, -0.1) is 11.3 Å². The molecule has 0 bridgehead atoms. The summed E-state index contributed by atoms with van der Waals surface area (Å²) in [7, 11) is 1.57. The molecule has 7 nitrogen and oxygen atoms in total. The summed E-state index contributed by atoms with van der Waals surface area (Å²) < 4.78 is 0. The summed E-state index contributed by atoms with van der Waals surface area (Å²) >= 11 is 1.61. The zero-order valence-corrected chi connectivity index (χ0v) is 16.9. The fraction of sp³-hybridized carbons (Fsp3) is 0.333. The predicted octanol–water partition coefficient (Wildman–Crippen LogP) is 2.79. The number of carbonyl (C=O) groups is 2. The minimum absolute atomic E-state index is 0.102. The van der Waals surface area contributed by atoms with E-state index in [4.69, 9.17) is 0 Å². The molecule has 4 rings (SSSR count). The Labute approximate surface area is 171 Å². The lowest BCUT2D eigenvalue weighted by atomic mass is 9.97. The smallest absolute Gasteiger partial charge is 0.259 e. The first kappa shape index (κ1) is 19.3. The number of amides is 2. The molecule has 8 heteroatoms. The summed E-state index contributed by atoms with van der Waals surface area (Å²) in [6.45, 7) is 0. The Morgan fingerprint density at radius 2 is 1.93 bits per heavy atom. The van der Waals surface area contributed by atoms with E-state index in [2.05, 4.69) is 20.6 Å². The number of aryl methyl sites for hydroxylation is 3. The molecule has 2 heterocycles. The van der Waals surface area contributed by atoms with Gasteiger partial charge in [-0.05, 0) is 55.5 Å². The van der Waals surface area contributed by atoms with E-state index in [1.807, 2.05) is 0 Å². The average Bonchev–Trinajstić information content (AvgIpc) is 3.11. The first-order valence-electron chi connectivity index (χ1n) is 9.70. The first-order chi connectivity index (χ1) is 14.0. The molecular weight excluding hydrogens is 388 g/mol. The van der Waals surface area contributed by atoms with Crippen molar-refractivity contribution < 1.29 is 9.59 Å². The van der Waals surface area contributed by atoms with Crippen LogP contribution >= 0.6 is 11.3 Å². The average molecular weight is 410 g/mol. The highest BCUT2D eigenvalue weighted by molar-refractivity contribution is 7.18. The van der Waals surface area contributed by atoms with E-state index < -0.39 is 0 Å². The highest BCUT2D eigenvalue weighted by Crippen LogP contribution is 2.33. The second-order valence-corrected chi connectivity index (χ2v) is 8.19. The van der Waals surface area contributed by atoms with Crippen molar-refractivity contribution in [2.75, 3.05) is 12.4 Å². The topological polar surface area (TPSA) is 104 Å². The molecule has 0 spiro atoms. The van der Waals surface area contributed by atoms with Crippen LogP contribution in [0, 0.1) is 0 Å². The van der Waals surface area contributed by atoms with Crippen LogP contribution in [0.15, 0.2) is 29.1 Å². The fourth-order valence-corrected chi connectivity index (χ4v) is 4.91. The number of anilines is 1. The maximum atomic E-state index is 12.6. The number of nitrogens with zero attached hydrogens (tertiary/aromatic N) is 1. The number of rotatable bonds is 5. The van der Waals surface area contributed by atoms with Crippen LogP contribution < -0.4 is 16.2 Å². The van der Waals surface area contributed by atoms with E-state index in [9.17, 15) is 14.4 Å². The number of hydrogen-bond acceptors (Lipinski definition) is 5. The summed E-state index contributed by atoms with van der Waals surface area (Å²) in [5.74, 6) is 0.181. The second kappa shape index (κ2) is 8.16. The molecule has 0 radical (unpaired) electrons. The second-order valence-electron chi connectivity index (χ2n) is 7.11. The lowest BCUT2D eigenvalue weighted by molar-refractivity contribution is -0.116. The van der Waals surface area contributed by atoms with Crippen molar-refractivity contribution in [2.45, 2.75) is 38.5 Å². The quantitative estimate of drug-likeness (QED) is 0.602. The number of aromatic amines is 1. The predicted molar refractivity (Wildman–Crippen MR) is 114 cm³/mol. The van der Waals surface area contributed by atoms with Crippen molar-refractivity contribution in [3.05, 3.63) is 56.4 Å². The number of benzene rings is 1. The number of hydrogen-bond donors (Lipinski definition) is 3. The van der Waals surface area contributed by atoms with Gasteiger partial charge in [-0.3, -0.25) is 14.4 Å². The number of carbonyl (C=O) groups excluding carboxylic acids is 2. The van der Waals surface area contributed by atoms with Crippen LogP contribution in [0.5, 0.6) is 0 Å². The van der Waals surface area contributed by atoms with Crippen molar-refractivity contribution in [3.63, 3.8) is 0 Å². The molecule has 3 aromatic rings. The van der Waals surface area contributed by atoms with Crippen LogP contribution in [0.25, 0.3) is 10.2 Å². The Balaban J connectivity index is 1.42. The van der Waals surface area contributed by atoms with Gasteiger partial charge < -0.3 is 15.6 Å². The van der Waals surface area contributed by atoms with E-state index in [0.717, 1.165) is 41.5 Å². The van der Waals surface area contributed by atoms with Crippen molar-refractivity contribution >= 4 is 39.1 Å². The molecule has 3 N–H and O–H groups in total. The van der Waals surface area contributed by atoms with Crippen molar-refractivity contribution in [1.29, 1.82) is 0 Å². The molecule has 0 fully saturated rings. The van der Waals surface area contributed by atoms with Gasteiger partial charge in [0, 0.05) is 36.0 Å². The van der Waals surface area contributed by atoms with Crippen LogP contribution in [0.1, 0.15) is 45.9 Å². The number of nitrogens with one attached hydrogen (secondary N) is 3. The minimum atomic E-state index is -0.177. The highest BCUT2D eigenvalue weighted by atomic mass is 32.1. The van der Waals surface area contributed by atoms with E-state index in [1.165, 1.54) is 4.88 Å². The van der Waals surface area contributed by atoms with Gasteiger partial charge >= 0.3 is 0 Å². The standard InChI is InChI=1S/C21H22N4O3S/c1-22-19(27)12-6-8-13(9-7-12)23-17(26)11-10-16-24-20(28)18-14-4-2-3-5-15(14)29-21(18)25-16/h6-9H,2-5,10-11H2,1H3,(H,22,27)(H,23,26)(H,24,25,28). The summed E-state index contributed by atoms with van der Waals surface area (Å²) in [6, 6.07) is 6.68. The Morgan fingerprint density at radius 1 is 1.17 bits per heavy atom. The van der Waals surface area contributed by atoms with Gasteiger partial charge in [0.25, 0.3) is 11.5 Å². The van der Waals surface area contributed by atoms with Crippen LogP contribution in [0.4, 0.5) is 5.69 Å². The van der Waals surface area contributed by atoms with Crippen molar-refractivity contribution in [3.8, 4) is 0 Å². The third kappa shape index (κ3) is 4.07. The lowest BCUT2D eigenvalue weighted by Crippen LogP contribution is -2.18. The third-order valence-corrected chi connectivity index (χ3v) is 6.31. The minimum Gasteiger partial charge on any atom is -0.355 e. The van der Waals surface area contributed by atoms with Crippen LogP contribution in [-0.2, 0) is 24.1 Å². The van der Waals surface area contributed by atoms with Crippen LogP contribution in [0.3, 0.4) is 0 Å². The largest absolute Gasteiger partial charge is 0.355 e. The van der Waals surface area contributed by atoms with Gasteiger partial charge in [0.2, 0.25) is 5.91 Å². The van der Waals surface area contributed by atoms with Gasteiger partial charge in [0.05, 0.1) is 5.39 Å². The molecule has 0 atom stereocenters. The Hall–Kier alpha value is -3.00. The zero-order chi connectivity index (χ0) is 20.4. The Morgan fingerprint density at radius 3 is 2.69 bits per heavy atom. The molecule has 0 saturated heterocycles. The molecule has 1 aliphatic rings. The molecule has 1 aliphatic carbocycles. The number of fused-ring (bicyclic) bond motifs is 3. The van der Waals surface area contributed by atoms with Gasteiger partial charge in [-0.2, -0.15) is 0 Å². The van der Waals surface area contributed by atoms with Crippen LogP contribution in [0.2, 0.25) is 0 Å². The van der Waals surface area contributed by atoms with Gasteiger partial charge in [-0.25, -0.2) is 4.98 Å². The fourth-order valence-electron chi connectivity index (χ4n) is 3.63.